The predicted molar refractivity (Wildman–Crippen MR) is 200 cm³/mol. The SMILES string of the molecule is C[C@@H]1O[C@@H](O[C@H]2[C@H](O[C@H]3C[C@]4(C)C(C[C@@H](O)C5C([C@]6(C)CC[C@@H](C(C)(C)O)O6)CC[C@]54C)[C@@]4(C)CC[C@H](O)C(C)(C)C34)O[C@H](CO)[C@@H](O)[C@@H]2O)[C@H](O)[C@H](O)[C@H]1O. The Balaban J connectivity index is 1.26. The lowest BCUT2D eigenvalue weighted by atomic mass is 9.34. The van der Waals surface area contributed by atoms with Crippen LogP contribution in [0.3, 0.4) is 0 Å². The summed E-state index contributed by atoms with van der Waals surface area (Å²) in [7, 11) is 0. The molecule has 3 saturated heterocycles. The van der Waals surface area contributed by atoms with E-state index in [0.29, 0.717) is 25.7 Å². The molecular weight excluding hydrogens is 728 g/mol. The first-order valence-corrected chi connectivity index (χ1v) is 21.2. The Bertz CT molecular complexity index is 1430. The van der Waals surface area contributed by atoms with E-state index in [-0.39, 0.29) is 35.2 Å². The van der Waals surface area contributed by atoms with E-state index in [0.717, 1.165) is 25.7 Å². The molecule has 56 heavy (non-hydrogen) atoms. The summed E-state index contributed by atoms with van der Waals surface area (Å²) in [4.78, 5) is 0. The van der Waals surface area contributed by atoms with E-state index in [1.54, 1.807) is 13.8 Å². The van der Waals surface area contributed by atoms with Crippen LogP contribution in [0.2, 0.25) is 0 Å². The second-order valence-electron chi connectivity index (χ2n) is 21.2. The van der Waals surface area contributed by atoms with Crippen LogP contribution >= 0.6 is 0 Å². The molecule has 7 rings (SSSR count). The molecule has 324 valence electrons. The van der Waals surface area contributed by atoms with E-state index in [1.165, 1.54) is 6.92 Å². The summed E-state index contributed by atoms with van der Waals surface area (Å²) in [6, 6.07) is 0. The summed E-state index contributed by atoms with van der Waals surface area (Å²) >= 11 is 0. The lowest BCUT2D eigenvalue weighted by Gasteiger charge is -2.72. The molecule has 22 atom stereocenters. The van der Waals surface area contributed by atoms with Gasteiger partial charge >= 0.3 is 0 Å². The lowest BCUT2D eigenvalue weighted by Crippen LogP contribution is -2.71. The first kappa shape index (κ1) is 43.5. The highest BCUT2D eigenvalue weighted by molar-refractivity contribution is 5.22. The van der Waals surface area contributed by atoms with Crippen molar-refractivity contribution in [2.75, 3.05) is 6.61 Å². The molecule has 7 fully saturated rings. The maximum absolute atomic E-state index is 12.4. The van der Waals surface area contributed by atoms with E-state index >= 15 is 0 Å². The van der Waals surface area contributed by atoms with Gasteiger partial charge in [-0.1, -0.05) is 34.6 Å². The molecule has 3 heterocycles. The summed E-state index contributed by atoms with van der Waals surface area (Å²) in [6.45, 7) is 17.6. The minimum absolute atomic E-state index is 0.0557. The van der Waals surface area contributed by atoms with Gasteiger partial charge in [-0.05, 0) is 124 Å². The number of hydrogen-bond donors (Lipinski definition) is 9. The van der Waals surface area contributed by atoms with Gasteiger partial charge in [-0.25, -0.2) is 0 Å². The van der Waals surface area contributed by atoms with Gasteiger partial charge in [-0.2, -0.15) is 0 Å². The fourth-order valence-electron chi connectivity index (χ4n) is 14.1. The van der Waals surface area contributed by atoms with Crippen molar-refractivity contribution >= 4 is 0 Å². The second-order valence-corrected chi connectivity index (χ2v) is 21.2. The van der Waals surface area contributed by atoms with Crippen molar-refractivity contribution < 1.29 is 69.6 Å². The quantitative estimate of drug-likeness (QED) is 0.166. The van der Waals surface area contributed by atoms with Crippen LogP contribution in [-0.4, -0.2) is 150 Å². The summed E-state index contributed by atoms with van der Waals surface area (Å²) in [6.07, 6.45) is -11.0. The van der Waals surface area contributed by atoms with Gasteiger partial charge in [0, 0.05) is 0 Å². The third kappa shape index (κ3) is 6.49. The molecule has 0 aromatic rings. The standard InChI is InChI=1S/C42H72O14/c1-19-28(46)30(48)32(50)35(52-19)55-33-31(49)29(47)23(18-43)54-36(33)53-22-17-41(8)24(39(6)13-11-25(45)37(2,3)34(22)39)16-21(44)27-20(10-14-40(27,41)7)42(9)15-12-26(56-42)38(4,5)51/h19-36,43-51H,10-18H2,1-9H3/t19-,20?,21+,22-,23+,24?,25-,26-,27?,28-,29+,30+,31-,32+,33+,34?,35-,36+,39+,40+,41+,42-/m0/s1. The van der Waals surface area contributed by atoms with Gasteiger partial charge in [0.1, 0.15) is 42.7 Å². The third-order valence-electron chi connectivity index (χ3n) is 17.3. The van der Waals surface area contributed by atoms with Crippen LogP contribution in [-0.2, 0) is 23.7 Å². The van der Waals surface area contributed by atoms with Gasteiger partial charge in [0.05, 0.1) is 48.3 Å². The Kier molecular flexibility index (Phi) is 11.3. The Morgan fingerprint density at radius 2 is 1.41 bits per heavy atom. The fraction of sp³-hybridized carbons (Fsp3) is 1.00. The van der Waals surface area contributed by atoms with Crippen LogP contribution < -0.4 is 0 Å². The summed E-state index contributed by atoms with van der Waals surface area (Å²) in [5.74, 6) is -0.246. The number of aliphatic hydroxyl groups excluding tert-OH is 8. The van der Waals surface area contributed by atoms with E-state index in [4.69, 9.17) is 23.7 Å². The smallest absolute Gasteiger partial charge is 0.187 e. The molecule has 7 aliphatic rings. The molecule has 0 aromatic heterocycles. The van der Waals surface area contributed by atoms with Gasteiger partial charge in [0.2, 0.25) is 0 Å². The van der Waals surface area contributed by atoms with Crippen LogP contribution in [0.25, 0.3) is 0 Å². The minimum atomic E-state index is -1.70. The molecule has 0 bridgehead atoms. The van der Waals surface area contributed by atoms with E-state index < -0.39 is 114 Å². The van der Waals surface area contributed by atoms with E-state index in [2.05, 4.69) is 41.5 Å². The van der Waals surface area contributed by atoms with Crippen molar-refractivity contribution in [2.24, 2.45) is 45.3 Å². The first-order chi connectivity index (χ1) is 25.9. The molecule has 14 nitrogen and oxygen atoms in total. The number of ether oxygens (including phenoxy) is 5. The molecule has 0 aromatic carbocycles. The monoisotopic (exact) mass is 800 g/mol. The van der Waals surface area contributed by atoms with E-state index in [9.17, 15) is 46.0 Å². The maximum atomic E-state index is 12.4. The maximum Gasteiger partial charge on any atom is 0.187 e. The molecule has 9 N–H and O–H groups in total. The molecule has 0 amide bonds. The van der Waals surface area contributed by atoms with Crippen molar-refractivity contribution in [3.63, 3.8) is 0 Å². The zero-order chi connectivity index (χ0) is 41.3. The minimum Gasteiger partial charge on any atom is -0.394 e. The molecule has 0 spiro atoms. The summed E-state index contributed by atoms with van der Waals surface area (Å²) < 4.78 is 32.0. The van der Waals surface area contributed by atoms with Crippen molar-refractivity contribution in [1.82, 2.24) is 0 Å². The largest absolute Gasteiger partial charge is 0.394 e. The lowest BCUT2D eigenvalue weighted by molar-refractivity contribution is -0.382. The summed E-state index contributed by atoms with van der Waals surface area (Å²) in [5, 5.41) is 99.5. The van der Waals surface area contributed by atoms with Crippen LogP contribution in [0, 0.1) is 45.3 Å². The topological polar surface area (TPSA) is 228 Å². The Labute approximate surface area is 331 Å². The van der Waals surface area contributed by atoms with Crippen molar-refractivity contribution in [1.29, 1.82) is 0 Å². The Morgan fingerprint density at radius 1 is 0.732 bits per heavy atom. The number of rotatable bonds is 7. The average Bonchev–Trinajstić information content (AvgIpc) is 3.71. The molecular formula is C42H72O14. The zero-order valence-electron chi connectivity index (χ0n) is 34.8. The molecule has 4 aliphatic carbocycles. The molecule has 0 radical (unpaired) electrons. The predicted octanol–water partition coefficient (Wildman–Crippen LogP) is 1.36. The molecule has 3 aliphatic heterocycles. The molecule has 14 heteroatoms. The van der Waals surface area contributed by atoms with Gasteiger partial charge in [0.15, 0.2) is 12.6 Å². The van der Waals surface area contributed by atoms with Crippen molar-refractivity contribution in [3.8, 4) is 0 Å². The van der Waals surface area contributed by atoms with Gasteiger partial charge in [0.25, 0.3) is 0 Å². The third-order valence-corrected chi connectivity index (χ3v) is 17.3. The van der Waals surface area contributed by atoms with Crippen molar-refractivity contribution in [3.05, 3.63) is 0 Å². The fourth-order valence-corrected chi connectivity index (χ4v) is 14.1. The highest BCUT2D eigenvalue weighted by Crippen LogP contribution is 2.76. The van der Waals surface area contributed by atoms with Crippen molar-refractivity contribution in [2.45, 2.75) is 211 Å². The summed E-state index contributed by atoms with van der Waals surface area (Å²) in [5.41, 5.74) is -3.36. The average molecular weight is 801 g/mol. The van der Waals surface area contributed by atoms with Crippen LogP contribution in [0.1, 0.15) is 114 Å². The van der Waals surface area contributed by atoms with Crippen LogP contribution in [0.15, 0.2) is 0 Å². The highest BCUT2D eigenvalue weighted by Gasteiger charge is 2.74. The Morgan fingerprint density at radius 3 is 2.04 bits per heavy atom. The van der Waals surface area contributed by atoms with E-state index in [1.807, 2.05) is 0 Å². The van der Waals surface area contributed by atoms with Crippen LogP contribution in [0.5, 0.6) is 0 Å². The molecule has 4 saturated carbocycles. The Hall–Kier alpha value is -0.560. The van der Waals surface area contributed by atoms with Gasteiger partial charge in [-0.3, -0.25) is 0 Å². The highest BCUT2D eigenvalue weighted by atomic mass is 16.8. The second kappa shape index (κ2) is 14.5. The number of fused-ring (bicyclic) bond motifs is 5. The number of hydrogen-bond acceptors (Lipinski definition) is 14. The van der Waals surface area contributed by atoms with Gasteiger partial charge in [-0.15, -0.1) is 0 Å². The first-order valence-electron chi connectivity index (χ1n) is 21.2. The number of aliphatic hydroxyl groups is 9. The van der Waals surface area contributed by atoms with Gasteiger partial charge < -0.3 is 69.6 Å². The van der Waals surface area contributed by atoms with Crippen LogP contribution in [0.4, 0.5) is 0 Å². The normalized spacial score (nSPS) is 57.3. The zero-order valence-corrected chi connectivity index (χ0v) is 34.8. The molecule has 4 unspecified atom stereocenters.